The van der Waals surface area contributed by atoms with Gasteiger partial charge in [0.15, 0.2) is 0 Å². The summed E-state index contributed by atoms with van der Waals surface area (Å²) in [5.74, 6) is -0.450. The molecule has 0 aliphatic carbocycles. The average Bonchev–Trinajstić information content (AvgIpc) is 3.16. The Kier molecular flexibility index (Phi) is 40.3. The zero-order valence-electron chi connectivity index (χ0n) is 35.8. The standard InChI is InChI=1S/C45H89N2O7P/c1-3-5-7-9-11-13-15-17-18-19-20-21-22-23-24-25-26-28-30-32-34-36-42(48)40-45(50)47-43(41-54-55(51,52)53-39-38-46)44(49)37-35-33-31-29-27-16-14-12-10-8-6-4-2/h23-24,35,37,42-44,48-49H,3-22,25-34,36,38-41,46H2,1-2H3,(H,47,50)(H,51,52)/b24-23-,37-35+. The topological polar surface area (TPSA) is 151 Å². The maximum Gasteiger partial charge on any atom is 0.472 e. The monoisotopic (exact) mass is 801 g/mol. The molecule has 0 saturated heterocycles. The van der Waals surface area contributed by atoms with Gasteiger partial charge in [-0.15, -0.1) is 0 Å². The lowest BCUT2D eigenvalue weighted by Gasteiger charge is -2.24. The first kappa shape index (κ1) is 53.9. The number of hydrogen-bond donors (Lipinski definition) is 5. The average molecular weight is 801 g/mol. The molecule has 0 aromatic heterocycles. The van der Waals surface area contributed by atoms with Crippen molar-refractivity contribution in [2.24, 2.45) is 5.73 Å². The van der Waals surface area contributed by atoms with Crippen LogP contribution in [0, 0.1) is 0 Å². The van der Waals surface area contributed by atoms with E-state index in [1.807, 2.05) is 6.08 Å². The fourth-order valence-electron chi connectivity index (χ4n) is 6.82. The van der Waals surface area contributed by atoms with Crippen molar-refractivity contribution in [1.29, 1.82) is 0 Å². The molecule has 0 aromatic carbocycles. The third-order valence-corrected chi connectivity index (χ3v) is 11.3. The van der Waals surface area contributed by atoms with Crippen molar-refractivity contribution < 1.29 is 33.5 Å². The highest BCUT2D eigenvalue weighted by Crippen LogP contribution is 2.43. The molecule has 1 amide bonds. The molecule has 0 fully saturated rings. The number of hydrogen-bond acceptors (Lipinski definition) is 7. The van der Waals surface area contributed by atoms with Gasteiger partial charge in [-0.1, -0.05) is 192 Å². The molecule has 9 nitrogen and oxygen atoms in total. The van der Waals surface area contributed by atoms with Gasteiger partial charge in [0.1, 0.15) is 0 Å². The lowest BCUT2D eigenvalue weighted by molar-refractivity contribution is -0.124. The Hall–Kier alpha value is -1.06. The smallest absolute Gasteiger partial charge is 0.393 e. The molecule has 0 spiro atoms. The second-order valence-corrected chi connectivity index (χ2v) is 17.3. The van der Waals surface area contributed by atoms with Crippen molar-refractivity contribution in [2.45, 2.75) is 238 Å². The van der Waals surface area contributed by atoms with E-state index >= 15 is 0 Å². The largest absolute Gasteiger partial charge is 0.472 e. The van der Waals surface area contributed by atoms with Crippen molar-refractivity contribution >= 4 is 13.7 Å². The molecule has 0 aliphatic rings. The molecule has 6 N–H and O–H groups in total. The molecule has 4 atom stereocenters. The molecule has 0 aliphatic heterocycles. The predicted molar refractivity (Wildman–Crippen MR) is 232 cm³/mol. The van der Waals surface area contributed by atoms with E-state index in [9.17, 15) is 24.5 Å². The Bertz CT molecular complexity index is 935. The first-order valence-corrected chi connectivity index (χ1v) is 24.5. The van der Waals surface area contributed by atoms with E-state index in [1.165, 1.54) is 141 Å². The van der Waals surface area contributed by atoms with Gasteiger partial charge in [0, 0.05) is 6.54 Å². The molecule has 0 bridgehead atoms. The minimum absolute atomic E-state index is 0.0488. The molecule has 326 valence electrons. The van der Waals surface area contributed by atoms with Crippen LogP contribution in [0.15, 0.2) is 24.3 Å². The number of nitrogens with one attached hydrogen (secondary N) is 1. The number of unbranched alkanes of at least 4 members (excludes halogenated alkanes) is 27. The number of carbonyl (C=O) groups is 1. The minimum Gasteiger partial charge on any atom is -0.393 e. The Morgan fingerprint density at radius 3 is 1.45 bits per heavy atom. The summed E-state index contributed by atoms with van der Waals surface area (Å²) in [4.78, 5) is 22.7. The number of rotatable bonds is 43. The van der Waals surface area contributed by atoms with Crippen molar-refractivity contribution in [3.05, 3.63) is 24.3 Å². The van der Waals surface area contributed by atoms with Gasteiger partial charge in [-0.25, -0.2) is 4.57 Å². The van der Waals surface area contributed by atoms with E-state index < -0.39 is 38.6 Å². The number of nitrogens with two attached hydrogens (primary N) is 1. The van der Waals surface area contributed by atoms with Crippen LogP contribution in [0.3, 0.4) is 0 Å². The van der Waals surface area contributed by atoms with Gasteiger partial charge in [-0.2, -0.15) is 0 Å². The minimum atomic E-state index is -4.40. The van der Waals surface area contributed by atoms with Crippen molar-refractivity contribution in [2.75, 3.05) is 19.8 Å². The van der Waals surface area contributed by atoms with Gasteiger partial charge in [-0.05, 0) is 44.9 Å². The summed E-state index contributed by atoms with van der Waals surface area (Å²) in [5.41, 5.74) is 5.36. The van der Waals surface area contributed by atoms with E-state index in [4.69, 9.17) is 14.8 Å². The van der Waals surface area contributed by atoms with Crippen LogP contribution in [0.4, 0.5) is 0 Å². The van der Waals surface area contributed by atoms with E-state index in [2.05, 4.69) is 31.3 Å². The van der Waals surface area contributed by atoms with Gasteiger partial charge in [0.05, 0.1) is 37.9 Å². The van der Waals surface area contributed by atoms with Crippen LogP contribution in [-0.4, -0.2) is 59.0 Å². The molecule has 10 heteroatoms. The van der Waals surface area contributed by atoms with Gasteiger partial charge in [0.2, 0.25) is 5.91 Å². The highest BCUT2D eigenvalue weighted by Gasteiger charge is 2.27. The zero-order valence-corrected chi connectivity index (χ0v) is 36.7. The number of aliphatic hydroxyl groups is 2. The van der Waals surface area contributed by atoms with Crippen LogP contribution < -0.4 is 11.1 Å². The molecule has 0 radical (unpaired) electrons. The molecular formula is C45H89N2O7P. The molecule has 55 heavy (non-hydrogen) atoms. The maximum absolute atomic E-state index is 12.8. The van der Waals surface area contributed by atoms with Crippen molar-refractivity contribution in [3.8, 4) is 0 Å². The highest BCUT2D eigenvalue weighted by atomic mass is 31.2. The van der Waals surface area contributed by atoms with Crippen LogP contribution in [0.1, 0.15) is 219 Å². The first-order valence-electron chi connectivity index (χ1n) is 23.0. The molecule has 4 unspecified atom stereocenters. The Morgan fingerprint density at radius 1 is 0.618 bits per heavy atom. The second kappa shape index (κ2) is 41.1. The summed E-state index contributed by atoms with van der Waals surface area (Å²) < 4.78 is 22.1. The Labute approximate surface area is 339 Å². The van der Waals surface area contributed by atoms with Crippen molar-refractivity contribution in [1.82, 2.24) is 5.32 Å². The number of aliphatic hydroxyl groups excluding tert-OH is 2. The Morgan fingerprint density at radius 2 is 1.02 bits per heavy atom. The van der Waals surface area contributed by atoms with Crippen LogP contribution in [-0.2, 0) is 18.4 Å². The number of amides is 1. The molecule has 0 heterocycles. The summed E-state index contributed by atoms with van der Waals surface area (Å²) in [5, 5.41) is 24.0. The fraction of sp³-hybridized carbons (Fsp3) is 0.889. The molecule has 0 aromatic rings. The summed E-state index contributed by atoms with van der Waals surface area (Å²) in [7, 11) is -4.40. The number of allylic oxidation sites excluding steroid dienone is 3. The summed E-state index contributed by atoms with van der Waals surface area (Å²) >= 11 is 0. The van der Waals surface area contributed by atoms with E-state index in [0.717, 1.165) is 51.4 Å². The van der Waals surface area contributed by atoms with E-state index in [-0.39, 0.29) is 19.6 Å². The maximum atomic E-state index is 12.8. The van der Waals surface area contributed by atoms with Crippen LogP contribution >= 0.6 is 7.82 Å². The fourth-order valence-corrected chi connectivity index (χ4v) is 7.58. The number of phosphoric ester groups is 1. The summed E-state index contributed by atoms with van der Waals surface area (Å²) in [6.45, 7) is 3.97. The SMILES string of the molecule is CCCCCCCCCCCC/C=C/C(O)C(COP(=O)(O)OCCN)NC(=O)CC(O)CCCCCCC/C=C\CCCCCCCCCCCCCC. The molecular weight excluding hydrogens is 711 g/mol. The van der Waals surface area contributed by atoms with Gasteiger partial charge >= 0.3 is 7.82 Å². The third kappa shape index (κ3) is 39.5. The van der Waals surface area contributed by atoms with Gasteiger partial charge in [0.25, 0.3) is 0 Å². The quantitative estimate of drug-likeness (QED) is 0.0232. The van der Waals surface area contributed by atoms with Crippen LogP contribution in [0.2, 0.25) is 0 Å². The number of carbonyl (C=O) groups excluding carboxylic acids is 1. The van der Waals surface area contributed by atoms with E-state index in [1.54, 1.807) is 6.08 Å². The number of phosphoric acid groups is 1. The molecule has 0 rings (SSSR count). The predicted octanol–water partition coefficient (Wildman–Crippen LogP) is 11.9. The van der Waals surface area contributed by atoms with Gasteiger partial charge < -0.3 is 26.2 Å². The van der Waals surface area contributed by atoms with Crippen LogP contribution in [0.25, 0.3) is 0 Å². The Balaban J connectivity index is 4.20. The normalized spacial score (nSPS) is 14.8. The lowest BCUT2D eigenvalue weighted by Crippen LogP contribution is -2.46. The van der Waals surface area contributed by atoms with Crippen LogP contribution in [0.5, 0.6) is 0 Å². The lowest BCUT2D eigenvalue weighted by atomic mass is 10.0. The van der Waals surface area contributed by atoms with E-state index in [0.29, 0.717) is 6.42 Å². The zero-order chi connectivity index (χ0) is 40.5. The molecule has 0 saturated carbocycles. The highest BCUT2D eigenvalue weighted by molar-refractivity contribution is 7.47. The van der Waals surface area contributed by atoms with Crippen molar-refractivity contribution in [3.63, 3.8) is 0 Å². The summed E-state index contributed by atoms with van der Waals surface area (Å²) in [6.07, 6.45) is 44.1. The van der Waals surface area contributed by atoms with Gasteiger partial charge in [-0.3, -0.25) is 13.8 Å². The first-order chi connectivity index (χ1) is 26.8. The summed E-state index contributed by atoms with van der Waals surface area (Å²) in [6, 6.07) is -0.982. The second-order valence-electron chi connectivity index (χ2n) is 15.8. The third-order valence-electron chi connectivity index (χ3n) is 10.3.